The molecule has 0 bridgehead atoms. The largest absolute Gasteiger partial charge is 0.508 e. The summed E-state index contributed by atoms with van der Waals surface area (Å²) < 4.78 is 0. The second-order valence-corrected chi connectivity index (χ2v) is 7.72. The standard InChI is InChI=1S/C20H29N3O2/c1-20(13-11-15-5-3-2-4-6-15)18(25)23(19(21)22-20)14-12-16-7-9-17(24)10-8-16/h7-10,15,24H,2-6,11-14H2,1H3,(H2,21,22). The van der Waals surface area contributed by atoms with Crippen LogP contribution >= 0.6 is 0 Å². The summed E-state index contributed by atoms with van der Waals surface area (Å²) in [6.45, 7) is 2.43. The molecule has 136 valence electrons. The Labute approximate surface area is 149 Å². The normalized spacial score (nSPS) is 24.6. The second-order valence-electron chi connectivity index (χ2n) is 7.72. The maximum absolute atomic E-state index is 12.9. The van der Waals surface area contributed by atoms with Crippen LogP contribution in [0.3, 0.4) is 0 Å². The summed E-state index contributed by atoms with van der Waals surface area (Å²) in [6.07, 6.45) is 9.09. The number of phenolic OH excluding ortho intramolecular Hbond substituents is 1. The van der Waals surface area contributed by atoms with Crippen LogP contribution in [0.25, 0.3) is 0 Å². The highest BCUT2D eigenvalue weighted by Crippen LogP contribution is 2.31. The maximum atomic E-state index is 12.9. The fraction of sp³-hybridized carbons (Fsp3) is 0.600. The van der Waals surface area contributed by atoms with Crippen molar-refractivity contribution in [2.24, 2.45) is 5.92 Å². The minimum absolute atomic E-state index is 0.0205. The lowest BCUT2D eigenvalue weighted by Gasteiger charge is -2.27. The van der Waals surface area contributed by atoms with E-state index in [1.165, 1.54) is 32.1 Å². The van der Waals surface area contributed by atoms with Crippen LogP contribution in [0.15, 0.2) is 24.3 Å². The Bertz CT molecular complexity index is 622. The Hall–Kier alpha value is -2.04. The average molecular weight is 343 g/mol. The Morgan fingerprint density at radius 3 is 2.60 bits per heavy atom. The van der Waals surface area contributed by atoms with Gasteiger partial charge in [0.1, 0.15) is 11.3 Å². The van der Waals surface area contributed by atoms with Crippen LogP contribution < -0.4 is 5.32 Å². The van der Waals surface area contributed by atoms with E-state index in [9.17, 15) is 9.90 Å². The molecule has 1 aromatic rings. The monoisotopic (exact) mass is 343 g/mol. The van der Waals surface area contributed by atoms with Crippen molar-refractivity contribution < 1.29 is 9.90 Å². The zero-order valence-corrected chi connectivity index (χ0v) is 15.1. The summed E-state index contributed by atoms with van der Waals surface area (Å²) in [6, 6.07) is 7.02. The third-order valence-electron chi connectivity index (χ3n) is 5.72. The molecule has 1 aliphatic carbocycles. The summed E-state index contributed by atoms with van der Waals surface area (Å²) in [4.78, 5) is 14.4. The molecular weight excluding hydrogens is 314 g/mol. The number of carbonyl (C=O) groups is 1. The molecule has 3 rings (SSSR count). The van der Waals surface area contributed by atoms with Crippen molar-refractivity contribution in [3.63, 3.8) is 0 Å². The lowest BCUT2D eigenvalue weighted by atomic mass is 9.82. The third-order valence-corrected chi connectivity index (χ3v) is 5.72. The fourth-order valence-electron chi connectivity index (χ4n) is 4.04. The zero-order chi connectivity index (χ0) is 17.9. The van der Waals surface area contributed by atoms with Crippen LogP contribution in [-0.2, 0) is 11.2 Å². The number of rotatable bonds is 6. The lowest BCUT2D eigenvalue weighted by Crippen LogP contribution is -2.44. The number of guanidine groups is 1. The number of carbonyl (C=O) groups excluding carboxylic acids is 1. The van der Waals surface area contributed by atoms with Crippen molar-refractivity contribution in [3.8, 4) is 5.75 Å². The van der Waals surface area contributed by atoms with Crippen LogP contribution in [0, 0.1) is 11.3 Å². The van der Waals surface area contributed by atoms with Crippen molar-refractivity contribution in [3.05, 3.63) is 29.8 Å². The van der Waals surface area contributed by atoms with Gasteiger partial charge in [-0.05, 0) is 49.8 Å². The Morgan fingerprint density at radius 2 is 1.92 bits per heavy atom. The quantitative estimate of drug-likeness (QED) is 0.741. The van der Waals surface area contributed by atoms with Gasteiger partial charge in [0.05, 0.1) is 0 Å². The molecule has 1 atom stereocenters. The van der Waals surface area contributed by atoms with Gasteiger partial charge in [-0.15, -0.1) is 0 Å². The van der Waals surface area contributed by atoms with Crippen LogP contribution in [0.1, 0.15) is 57.4 Å². The Morgan fingerprint density at radius 1 is 1.24 bits per heavy atom. The molecule has 1 amide bonds. The van der Waals surface area contributed by atoms with Crippen LogP contribution in [0.5, 0.6) is 5.75 Å². The summed E-state index contributed by atoms with van der Waals surface area (Å²) >= 11 is 0. The number of aromatic hydroxyl groups is 1. The molecule has 1 saturated carbocycles. The van der Waals surface area contributed by atoms with Crippen molar-refractivity contribution >= 4 is 11.9 Å². The van der Waals surface area contributed by atoms with Gasteiger partial charge in [0, 0.05) is 6.54 Å². The van der Waals surface area contributed by atoms with Gasteiger partial charge in [0.25, 0.3) is 5.91 Å². The van der Waals surface area contributed by atoms with E-state index in [4.69, 9.17) is 5.41 Å². The first-order chi connectivity index (χ1) is 12.0. The fourth-order valence-corrected chi connectivity index (χ4v) is 4.04. The summed E-state index contributed by atoms with van der Waals surface area (Å²) in [5.74, 6) is 1.22. The van der Waals surface area contributed by atoms with Crippen molar-refractivity contribution in [2.45, 2.75) is 63.8 Å². The molecular formula is C20H29N3O2. The van der Waals surface area contributed by atoms with Gasteiger partial charge in [0.2, 0.25) is 0 Å². The van der Waals surface area contributed by atoms with E-state index >= 15 is 0 Å². The molecule has 0 radical (unpaired) electrons. The van der Waals surface area contributed by atoms with E-state index < -0.39 is 5.54 Å². The van der Waals surface area contributed by atoms with E-state index in [0.29, 0.717) is 13.0 Å². The predicted octanol–water partition coefficient (Wildman–Crippen LogP) is 3.42. The molecule has 1 aliphatic heterocycles. The SMILES string of the molecule is CC1(CCC2CCCCC2)NC(=N)N(CCc2ccc(O)cc2)C1=O. The molecule has 0 spiro atoms. The maximum Gasteiger partial charge on any atom is 0.254 e. The number of hydrogen-bond donors (Lipinski definition) is 3. The van der Waals surface area contributed by atoms with Gasteiger partial charge in [-0.2, -0.15) is 0 Å². The van der Waals surface area contributed by atoms with E-state index in [-0.39, 0.29) is 17.6 Å². The van der Waals surface area contributed by atoms with E-state index in [0.717, 1.165) is 24.3 Å². The number of amides is 1. The molecule has 1 unspecified atom stereocenters. The number of nitrogens with zero attached hydrogens (tertiary/aromatic N) is 1. The summed E-state index contributed by atoms with van der Waals surface area (Å²) in [5.41, 5.74) is 0.415. The topological polar surface area (TPSA) is 76.4 Å². The average Bonchev–Trinajstić information content (AvgIpc) is 2.83. The third kappa shape index (κ3) is 4.14. The highest BCUT2D eigenvalue weighted by Gasteiger charge is 2.45. The number of phenols is 1. The summed E-state index contributed by atoms with van der Waals surface area (Å²) in [5, 5.41) is 20.7. The van der Waals surface area contributed by atoms with Gasteiger partial charge in [-0.1, -0.05) is 44.2 Å². The Kier molecular flexibility index (Phi) is 5.30. The summed E-state index contributed by atoms with van der Waals surface area (Å²) in [7, 11) is 0. The minimum Gasteiger partial charge on any atom is -0.508 e. The molecule has 3 N–H and O–H groups in total. The van der Waals surface area contributed by atoms with E-state index in [2.05, 4.69) is 5.32 Å². The first kappa shape index (κ1) is 17.8. The molecule has 2 aliphatic rings. The molecule has 2 fully saturated rings. The van der Waals surface area contributed by atoms with Crippen molar-refractivity contribution in [1.82, 2.24) is 10.2 Å². The van der Waals surface area contributed by atoms with Crippen LogP contribution in [0.4, 0.5) is 0 Å². The minimum atomic E-state index is -0.635. The van der Waals surface area contributed by atoms with Gasteiger partial charge in [-0.3, -0.25) is 15.1 Å². The number of hydrogen-bond acceptors (Lipinski definition) is 3. The predicted molar refractivity (Wildman–Crippen MR) is 98.6 cm³/mol. The number of benzene rings is 1. The molecule has 0 aromatic heterocycles. The smallest absolute Gasteiger partial charge is 0.254 e. The lowest BCUT2D eigenvalue weighted by molar-refractivity contribution is -0.130. The molecule has 5 heteroatoms. The van der Waals surface area contributed by atoms with Crippen molar-refractivity contribution in [1.29, 1.82) is 5.41 Å². The van der Waals surface area contributed by atoms with Crippen LogP contribution in [0.2, 0.25) is 0 Å². The van der Waals surface area contributed by atoms with Gasteiger partial charge >= 0.3 is 0 Å². The van der Waals surface area contributed by atoms with Gasteiger partial charge in [0.15, 0.2) is 5.96 Å². The van der Waals surface area contributed by atoms with Gasteiger partial charge in [-0.25, -0.2) is 0 Å². The van der Waals surface area contributed by atoms with Crippen molar-refractivity contribution in [2.75, 3.05) is 6.54 Å². The van der Waals surface area contributed by atoms with Crippen LogP contribution in [-0.4, -0.2) is 34.0 Å². The van der Waals surface area contributed by atoms with Gasteiger partial charge < -0.3 is 10.4 Å². The highest BCUT2D eigenvalue weighted by atomic mass is 16.3. The van der Waals surface area contributed by atoms with E-state index in [1.54, 1.807) is 17.0 Å². The highest BCUT2D eigenvalue weighted by molar-refractivity contribution is 6.07. The van der Waals surface area contributed by atoms with E-state index in [1.807, 2.05) is 19.1 Å². The zero-order valence-electron chi connectivity index (χ0n) is 15.1. The molecule has 5 nitrogen and oxygen atoms in total. The molecule has 1 aromatic carbocycles. The molecule has 25 heavy (non-hydrogen) atoms. The first-order valence-corrected chi connectivity index (χ1v) is 9.44. The molecule has 1 saturated heterocycles. The Balaban J connectivity index is 1.55. The first-order valence-electron chi connectivity index (χ1n) is 9.44. The number of nitrogens with one attached hydrogen (secondary N) is 2. The molecule has 1 heterocycles. The second kappa shape index (κ2) is 7.46.